The van der Waals surface area contributed by atoms with Crippen molar-refractivity contribution in [2.45, 2.75) is 24.0 Å². The highest BCUT2D eigenvalue weighted by atomic mass is 32.2. The smallest absolute Gasteiger partial charge is 0.273 e. The second-order valence-corrected chi connectivity index (χ2v) is 6.14. The Morgan fingerprint density at radius 1 is 1.25 bits per heavy atom. The van der Waals surface area contributed by atoms with E-state index >= 15 is 0 Å². The van der Waals surface area contributed by atoms with Crippen molar-refractivity contribution in [1.82, 2.24) is 14.8 Å². The van der Waals surface area contributed by atoms with Crippen LogP contribution in [0.25, 0.3) is 11.4 Å². The molecule has 0 bridgehead atoms. The van der Waals surface area contributed by atoms with Crippen LogP contribution in [-0.2, 0) is 10.0 Å². The van der Waals surface area contributed by atoms with Crippen molar-refractivity contribution in [3.05, 3.63) is 24.3 Å². The first kappa shape index (κ1) is 13.1. The Bertz CT molecular complexity index is 733. The van der Waals surface area contributed by atoms with E-state index < -0.39 is 10.0 Å². The first-order chi connectivity index (χ1) is 9.50. The molecule has 7 nitrogen and oxygen atoms in total. The third-order valence-corrected chi connectivity index (χ3v) is 3.97. The Hall–Kier alpha value is -1.93. The minimum absolute atomic E-state index is 0.107. The molecule has 0 atom stereocenters. The molecule has 0 unspecified atom stereocenters. The van der Waals surface area contributed by atoms with Gasteiger partial charge in [-0.1, -0.05) is 0 Å². The molecule has 0 amide bonds. The first-order valence-corrected chi connectivity index (χ1v) is 7.67. The van der Waals surface area contributed by atoms with Crippen molar-refractivity contribution in [1.29, 1.82) is 0 Å². The van der Waals surface area contributed by atoms with Crippen LogP contribution < -0.4 is 9.88 Å². The standard InChI is InChI=1S/C12H14N4O3S/c1-19-10-6-2-8(3-7-10)11-14-15-12(20(13,17)18)16(11)9-4-5-9/h2-3,6-7,9H,4-5H2,1H3,(H2,13,17,18). The maximum Gasteiger partial charge on any atom is 0.273 e. The number of sulfonamides is 1. The number of nitrogens with zero attached hydrogens (tertiary/aromatic N) is 3. The van der Waals surface area contributed by atoms with Crippen LogP contribution in [0, 0.1) is 0 Å². The molecule has 1 heterocycles. The van der Waals surface area contributed by atoms with E-state index in [1.807, 2.05) is 12.1 Å². The fourth-order valence-corrected chi connectivity index (χ4v) is 2.73. The summed E-state index contributed by atoms with van der Waals surface area (Å²) < 4.78 is 29.8. The van der Waals surface area contributed by atoms with Gasteiger partial charge in [-0.2, -0.15) is 0 Å². The van der Waals surface area contributed by atoms with Crippen molar-refractivity contribution in [3.8, 4) is 17.1 Å². The number of aromatic nitrogens is 3. The highest BCUT2D eigenvalue weighted by Crippen LogP contribution is 2.39. The summed E-state index contributed by atoms with van der Waals surface area (Å²) in [6.07, 6.45) is 1.81. The van der Waals surface area contributed by atoms with Crippen molar-refractivity contribution in [2.24, 2.45) is 5.14 Å². The molecule has 1 aliphatic carbocycles. The number of ether oxygens (including phenoxy) is 1. The summed E-state index contributed by atoms with van der Waals surface area (Å²) in [5.41, 5.74) is 0.778. The molecular formula is C12H14N4O3S. The molecule has 0 aliphatic heterocycles. The van der Waals surface area contributed by atoms with Gasteiger partial charge in [0.15, 0.2) is 5.82 Å². The fourth-order valence-electron chi connectivity index (χ4n) is 2.07. The number of methoxy groups -OCH3 is 1. The number of hydrogen-bond donors (Lipinski definition) is 1. The third kappa shape index (κ3) is 2.27. The van der Waals surface area contributed by atoms with E-state index in [-0.39, 0.29) is 11.2 Å². The van der Waals surface area contributed by atoms with Gasteiger partial charge < -0.3 is 4.74 Å². The predicted molar refractivity (Wildman–Crippen MR) is 71.7 cm³/mol. The summed E-state index contributed by atoms with van der Waals surface area (Å²) >= 11 is 0. The highest BCUT2D eigenvalue weighted by molar-refractivity contribution is 7.89. The average Bonchev–Trinajstić information content (AvgIpc) is 3.16. The van der Waals surface area contributed by atoms with Crippen LogP contribution >= 0.6 is 0 Å². The second-order valence-electron chi connectivity index (χ2n) is 4.68. The minimum Gasteiger partial charge on any atom is -0.497 e. The van der Waals surface area contributed by atoms with Gasteiger partial charge in [-0.3, -0.25) is 4.57 Å². The van der Waals surface area contributed by atoms with Crippen LogP contribution in [-0.4, -0.2) is 30.3 Å². The lowest BCUT2D eigenvalue weighted by molar-refractivity contribution is 0.415. The number of hydrogen-bond acceptors (Lipinski definition) is 5. The van der Waals surface area contributed by atoms with Crippen LogP contribution in [0.15, 0.2) is 29.4 Å². The fraction of sp³-hybridized carbons (Fsp3) is 0.333. The van der Waals surface area contributed by atoms with Crippen molar-refractivity contribution in [3.63, 3.8) is 0 Å². The van der Waals surface area contributed by atoms with Gasteiger partial charge in [0.05, 0.1) is 7.11 Å². The molecule has 2 N–H and O–H groups in total. The molecule has 2 aromatic rings. The minimum atomic E-state index is -3.87. The Morgan fingerprint density at radius 3 is 2.40 bits per heavy atom. The van der Waals surface area contributed by atoms with E-state index in [4.69, 9.17) is 9.88 Å². The van der Waals surface area contributed by atoms with Gasteiger partial charge in [0.1, 0.15) is 5.75 Å². The average molecular weight is 294 g/mol. The van der Waals surface area contributed by atoms with Gasteiger partial charge in [0, 0.05) is 11.6 Å². The predicted octanol–water partition coefficient (Wildman–Crippen LogP) is 0.936. The molecule has 3 rings (SSSR count). The SMILES string of the molecule is COc1ccc(-c2nnc(S(N)(=O)=O)n2C2CC2)cc1. The van der Waals surface area contributed by atoms with E-state index in [0.29, 0.717) is 5.82 Å². The first-order valence-electron chi connectivity index (χ1n) is 6.13. The monoisotopic (exact) mass is 294 g/mol. The molecule has 0 saturated heterocycles. The summed E-state index contributed by atoms with van der Waals surface area (Å²) in [7, 11) is -2.29. The van der Waals surface area contributed by atoms with E-state index in [1.54, 1.807) is 23.8 Å². The van der Waals surface area contributed by atoms with Crippen molar-refractivity contribution >= 4 is 10.0 Å². The lowest BCUT2D eigenvalue weighted by Gasteiger charge is -2.08. The zero-order valence-corrected chi connectivity index (χ0v) is 11.7. The van der Waals surface area contributed by atoms with Gasteiger partial charge in [0.2, 0.25) is 0 Å². The molecule has 20 heavy (non-hydrogen) atoms. The molecule has 8 heteroatoms. The third-order valence-electron chi connectivity index (χ3n) is 3.18. The molecule has 0 spiro atoms. The molecule has 106 valence electrons. The summed E-state index contributed by atoms with van der Waals surface area (Å²) in [4.78, 5) is 0. The molecule has 1 fully saturated rings. The van der Waals surface area contributed by atoms with Crippen molar-refractivity contribution < 1.29 is 13.2 Å². The molecule has 1 aromatic heterocycles. The number of nitrogens with two attached hydrogens (primary N) is 1. The Morgan fingerprint density at radius 2 is 1.90 bits per heavy atom. The van der Waals surface area contributed by atoms with Gasteiger partial charge in [0.25, 0.3) is 15.2 Å². The molecule has 1 aliphatic rings. The van der Waals surface area contributed by atoms with Crippen LogP contribution in [0.1, 0.15) is 18.9 Å². The van der Waals surface area contributed by atoms with Crippen molar-refractivity contribution in [2.75, 3.05) is 7.11 Å². The van der Waals surface area contributed by atoms with Crippen LogP contribution in [0.3, 0.4) is 0 Å². The van der Waals surface area contributed by atoms with Gasteiger partial charge in [-0.25, -0.2) is 13.6 Å². The maximum atomic E-state index is 11.6. The van der Waals surface area contributed by atoms with Crippen LogP contribution in [0.5, 0.6) is 5.75 Å². The molecule has 0 radical (unpaired) electrons. The summed E-state index contributed by atoms with van der Waals surface area (Å²) in [6, 6.07) is 7.31. The van der Waals surface area contributed by atoms with Gasteiger partial charge in [-0.15, -0.1) is 10.2 Å². The number of primary sulfonamides is 1. The summed E-state index contributed by atoms with van der Waals surface area (Å²) in [5.74, 6) is 1.23. The van der Waals surface area contributed by atoms with E-state index in [0.717, 1.165) is 24.2 Å². The lowest BCUT2D eigenvalue weighted by atomic mass is 10.2. The quantitative estimate of drug-likeness (QED) is 0.904. The number of benzene rings is 1. The normalized spacial score (nSPS) is 15.3. The van der Waals surface area contributed by atoms with Crippen LogP contribution in [0.2, 0.25) is 0 Å². The largest absolute Gasteiger partial charge is 0.497 e. The maximum absolute atomic E-state index is 11.6. The Kier molecular flexibility index (Phi) is 2.98. The van der Waals surface area contributed by atoms with E-state index in [9.17, 15) is 8.42 Å². The van der Waals surface area contributed by atoms with Crippen LogP contribution in [0.4, 0.5) is 0 Å². The van der Waals surface area contributed by atoms with E-state index in [1.165, 1.54) is 0 Å². The highest BCUT2D eigenvalue weighted by Gasteiger charge is 2.33. The van der Waals surface area contributed by atoms with Gasteiger partial charge in [-0.05, 0) is 37.1 Å². The lowest BCUT2D eigenvalue weighted by Crippen LogP contribution is -2.18. The zero-order valence-electron chi connectivity index (χ0n) is 10.9. The second kappa shape index (κ2) is 4.57. The molecular weight excluding hydrogens is 280 g/mol. The molecule has 1 saturated carbocycles. The summed E-state index contributed by atoms with van der Waals surface area (Å²) in [6.45, 7) is 0. The topological polar surface area (TPSA) is 100 Å². The zero-order chi connectivity index (χ0) is 14.3. The number of rotatable bonds is 4. The molecule has 1 aromatic carbocycles. The Labute approximate surface area is 116 Å². The summed E-state index contributed by atoms with van der Waals surface area (Å²) in [5, 5.41) is 12.7. The van der Waals surface area contributed by atoms with Gasteiger partial charge >= 0.3 is 0 Å². The van der Waals surface area contributed by atoms with E-state index in [2.05, 4.69) is 10.2 Å². The Balaban J connectivity index is 2.11.